The predicted molar refractivity (Wildman–Crippen MR) is 48.2 cm³/mol. The van der Waals surface area contributed by atoms with Crippen molar-refractivity contribution in [1.82, 2.24) is 0 Å². The third kappa shape index (κ3) is 1.69. The van der Waals surface area contributed by atoms with Crippen molar-refractivity contribution in [3.8, 4) is 0 Å². The first-order chi connectivity index (χ1) is 6.58. The van der Waals surface area contributed by atoms with Crippen molar-refractivity contribution >= 4 is 5.69 Å². The molecule has 1 heterocycles. The molecule has 1 fully saturated rings. The van der Waals surface area contributed by atoms with Crippen LogP contribution in [0.15, 0.2) is 24.3 Å². The number of alkyl halides is 2. The molecule has 14 heavy (non-hydrogen) atoms. The van der Waals surface area contributed by atoms with Crippen molar-refractivity contribution in [1.29, 1.82) is 0 Å². The highest BCUT2D eigenvalue weighted by molar-refractivity contribution is 5.48. The van der Waals surface area contributed by atoms with Crippen LogP contribution in [0.2, 0.25) is 0 Å². The van der Waals surface area contributed by atoms with E-state index in [0.29, 0.717) is 0 Å². The summed E-state index contributed by atoms with van der Waals surface area (Å²) < 4.78 is 38.9. The Hall–Kier alpha value is -1.19. The van der Waals surface area contributed by atoms with Gasteiger partial charge in [0.05, 0.1) is 12.2 Å². The number of rotatable bonds is 1. The van der Waals surface area contributed by atoms with Gasteiger partial charge in [-0.1, -0.05) is 12.1 Å². The summed E-state index contributed by atoms with van der Waals surface area (Å²) in [5, 5.41) is 0. The molecule has 0 atom stereocenters. The molecule has 1 aromatic carbocycles. The lowest BCUT2D eigenvalue weighted by Crippen LogP contribution is -2.25. The third-order valence-electron chi connectivity index (χ3n) is 2.36. The van der Waals surface area contributed by atoms with Crippen molar-refractivity contribution in [2.75, 3.05) is 18.0 Å². The van der Waals surface area contributed by atoms with Crippen LogP contribution >= 0.6 is 0 Å². The fraction of sp³-hybridized carbons (Fsp3) is 0.400. The van der Waals surface area contributed by atoms with Gasteiger partial charge in [-0.05, 0) is 12.1 Å². The molecule has 1 saturated heterocycles. The van der Waals surface area contributed by atoms with E-state index in [0.717, 1.165) is 0 Å². The number of hydrogen-bond donors (Lipinski definition) is 0. The molecule has 0 unspecified atom stereocenters. The van der Waals surface area contributed by atoms with E-state index in [1.54, 1.807) is 12.1 Å². The minimum absolute atomic E-state index is 0.193. The average Bonchev–Trinajstić information content (AvgIpc) is 2.47. The van der Waals surface area contributed by atoms with Gasteiger partial charge >= 0.3 is 0 Å². The summed E-state index contributed by atoms with van der Waals surface area (Å²) in [7, 11) is 0. The van der Waals surface area contributed by atoms with Crippen molar-refractivity contribution < 1.29 is 13.2 Å². The van der Waals surface area contributed by atoms with Crippen LogP contribution in [0.4, 0.5) is 18.9 Å². The summed E-state index contributed by atoms with van der Waals surface area (Å²) in [6.45, 7) is -0.165. The Morgan fingerprint density at radius 3 is 2.50 bits per heavy atom. The summed E-state index contributed by atoms with van der Waals surface area (Å²) in [6, 6.07) is 6.00. The van der Waals surface area contributed by atoms with Gasteiger partial charge in [0.2, 0.25) is 0 Å². The van der Waals surface area contributed by atoms with Crippen LogP contribution < -0.4 is 4.90 Å². The number of hydrogen-bond acceptors (Lipinski definition) is 1. The van der Waals surface area contributed by atoms with Crippen molar-refractivity contribution in [2.24, 2.45) is 0 Å². The van der Waals surface area contributed by atoms with E-state index in [2.05, 4.69) is 0 Å². The van der Waals surface area contributed by atoms with E-state index in [1.165, 1.54) is 17.0 Å². The molecule has 1 aliphatic rings. The van der Waals surface area contributed by atoms with Gasteiger partial charge < -0.3 is 4.90 Å². The first kappa shape index (κ1) is 9.37. The predicted octanol–water partition coefficient (Wildman–Crippen LogP) is 2.67. The Bertz CT molecular complexity index is 338. The highest BCUT2D eigenvalue weighted by Gasteiger charge is 2.38. The normalized spacial score (nSPS) is 20.1. The topological polar surface area (TPSA) is 3.24 Å². The molecule has 1 aromatic rings. The Morgan fingerprint density at radius 1 is 1.21 bits per heavy atom. The second kappa shape index (κ2) is 3.19. The van der Waals surface area contributed by atoms with E-state index in [9.17, 15) is 13.2 Å². The van der Waals surface area contributed by atoms with Crippen LogP contribution in [0.1, 0.15) is 6.42 Å². The van der Waals surface area contributed by atoms with Gasteiger partial charge in [-0.3, -0.25) is 0 Å². The van der Waals surface area contributed by atoms with E-state index >= 15 is 0 Å². The molecule has 1 nitrogen and oxygen atoms in total. The van der Waals surface area contributed by atoms with E-state index < -0.39 is 11.7 Å². The number of nitrogens with zero attached hydrogens (tertiary/aromatic N) is 1. The highest BCUT2D eigenvalue weighted by atomic mass is 19.3. The maximum atomic E-state index is 13.2. The maximum Gasteiger partial charge on any atom is 0.266 e. The zero-order chi connectivity index (χ0) is 10.2. The smallest absolute Gasteiger partial charge is 0.266 e. The minimum Gasteiger partial charge on any atom is -0.363 e. The standard InChI is InChI=1S/C10H10F3N/c11-8-3-1-2-4-9(8)14-6-5-10(12,13)7-14/h1-4H,5-7H2. The molecule has 0 N–H and O–H groups in total. The van der Waals surface area contributed by atoms with Crippen LogP contribution in [0.25, 0.3) is 0 Å². The first-order valence-corrected chi connectivity index (χ1v) is 4.46. The second-order valence-electron chi connectivity index (χ2n) is 3.48. The van der Waals surface area contributed by atoms with E-state index in [-0.39, 0.29) is 25.2 Å². The lowest BCUT2D eigenvalue weighted by Gasteiger charge is -2.18. The fourth-order valence-corrected chi connectivity index (χ4v) is 1.65. The molecule has 0 spiro atoms. The second-order valence-corrected chi connectivity index (χ2v) is 3.48. The minimum atomic E-state index is -2.68. The van der Waals surface area contributed by atoms with Gasteiger partial charge in [-0.25, -0.2) is 13.2 Å². The quantitative estimate of drug-likeness (QED) is 0.675. The molecule has 2 rings (SSSR count). The zero-order valence-electron chi connectivity index (χ0n) is 7.51. The van der Waals surface area contributed by atoms with Crippen LogP contribution in [0.3, 0.4) is 0 Å². The van der Waals surface area contributed by atoms with Crippen molar-refractivity contribution in [3.05, 3.63) is 30.1 Å². The van der Waals surface area contributed by atoms with Crippen LogP contribution in [-0.2, 0) is 0 Å². The van der Waals surface area contributed by atoms with Gasteiger partial charge in [0, 0.05) is 13.0 Å². The Morgan fingerprint density at radius 2 is 1.93 bits per heavy atom. The Kier molecular flexibility index (Phi) is 2.13. The van der Waals surface area contributed by atoms with Crippen molar-refractivity contribution in [3.63, 3.8) is 0 Å². The van der Waals surface area contributed by atoms with E-state index in [4.69, 9.17) is 0 Å². The monoisotopic (exact) mass is 201 g/mol. The molecule has 0 aliphatic carbocycles. The molecule has 76 valence electrons. The van der Waals surface area contributed by atoms with Gasteiger partial charge in [0.1, 0.15) is 5.82 Å². The number of para-hydroxylation sites is 1. The molecular weight excluding hydrogens is 191 g/mol. The summed E-state index contributed by atoms with van der Waals surface area (Å²) in [4.78, 5) is 1.38. The lowest BCUT2D eigenvalue weighted by molar-refractivity contribution is 0.0257. The molecule has 4 heteroatoms. The molecular formula is C10H10F3N. The van der Waals surface area contributed by atoms with Gasteiger partial charge in [-0.15, -0.1) is 0 Å². The molecule has 0 bridgehead atoms. The SMILES string of the molecule is Fc1ccccc1N1CCC(F)(F)C1. The Labute approximate surface area is 80.1 Å². The van der Waals surface area contributed by atoms with E-state index in [1.807, 2.05) is 0 Å². The average molecular weight is 201 g/mol. The Balaban J connectivity index is 2.22. The van der Waals surface area contributed by atoms with Gasteiger partial charge in [-0.2, -0.15) is 0 Å². The number of benzene rings is 1. The molecule has 0 amide bonds. The number of anilines is 1. The van der Waals surface area contributed by atoms with Gasteiger partial charge in [0.15, 0.2) is 0 Å². The summed E-state index contributed by atoms with van der Waals surface area (Å²) in [5.41, 5.74) is 0.268. The fourth-order valence-electron chi connectivity index (χ4n) is 1.65. The molecule has 0 aromatic heterocycles. The van der Waals surface area contributed by atoms with Gasteiger partial charge in [0.25, 0.3) is 5.92 Å². The molecule has 0 radical (unpaired) electrons. The summed E-state index contributed by atoms with van der Waals surface area (Å²) >= 11 is 0. The first-order valence-electron chi connectivity index (χ1n) is 4.46. The lowest BCUT2D eigenvalue weighted by atomic mass is 10.3. The van der Waals surface area contributed by atoms with Crippen LogP contribution in [0, 0.1) is 5.82 Å². The number of halogens is 3. The van der Waals surface area contributed by atoms with Crippen LogP contribution in [0.5, 0.6) is 0 Å². The largest absolute Gasteiger partial charge is 0.363 e. The van der Waals surface area contributed by atoms with Crippen LogP contribution in [-0.4, -0.2) is 19.0 Å². The molecule has 1 aliphatic heterocycles. The molecule has 0 saturated carbocycles. The highest BCUT2D eigenvalue weighted by Crippen LogP contribution is 2.31. The maximum absolute atomic E-state index is 13.2. The van der Waals surface area contributed by atoms with Crippen molar-refractivity contribution in [2.45, 2.75) is 12.3 Å². The summed E-state index contributed by atoms with van der Waals surface area (Å²) in [6.07, 6.45) is -0.193. The summed E-state index contributed by atoms with van der Waals surface area (Å²) in [5.74, 6) is -3.12. The zero-order valence-corrected chi connectivity index (χ0v) is 7.51. The third-order valence-corrected chi connectivity index (χ3v) is 2.36.